The molecule has 1 N–H and O–H groups in total. The summed E-state index contributed by atoms with van der Waals surface area (Å²) < 4.78 is 10.5. The molecule has 5 nitrogen and oxygen atoms in total. The van der Waals surface area contributed by atoms with Crippen molar-refractivity contribution < 1.29 is 14.3 Å². The Balaban J connectivity index is 1.86. The van der Waals surface area contributed by atoms with Gasteiger partial charge in [-0.3, -0.25) is 4.79 Å². The van der Waals surface area contributed by atoms with Crippen molar-refractivity contribution in [3.8, 4) is 17.6 Å². The molecule has 2 aromatic carbocycles. The van der Waals surface area contributed by atoms with Crippen LogP contribution in [0.5, 0.6) is 11.5 Å². The van der Waals surface area contributed by atoms with E-state index in [-0.39, 0.29) is 28.1 Å². The van der Waals surface area contributed by atoms with Gasteiger partial charge in [-0.2, -0.15) is 5.26 Å². The number of nitriles is 1. The van der Waals surface area contributed by atoms with Crippen molar-refractivity contribution in [2.24, 2.45) is 0 Å². The lowest BCUT2D eigenvalue weighted by molar-refractivity contribution is -0.112. The fourth-order valence-corrected chi connectivity index (χ4v) is 2.61. The Labute approximate surface area is 148 Å². The van der Waals surface area contributed by atoms with E-state index >= 15 is 0 Å². The number of nitrogens with one attached hydrogen (secondary N) is 1. The van der Waals surface area contributed by atoms with E-state index in [0.717, 1.165) is 0 Å². The molecule has 0 saturated heterocycles. The molecule has 1 aliphatic heterocycles. The molecule has 0 unspecified atom stereocenters. The summed E-state index contributed by atoms with van der Waals surface area (Å²) in [5, 5.41) is 12.4. The number of carbonyl (C=O) groups excluding carboxylic acids is 1. The first kappa shape index (κ1) is 16.2. The Morgan fingerprint density at radius 2 is 1.88 bits per heavy atom. The minimum atomic E-state index is -0.606. The first-order chi connectivity index (χ1) is 11.6. The zero-order chi connectivity index (χ0) is 17.1. The number of para-hydroxylation sites is 1. The van der Waals surface area contributed by atoms with Crippen LogP contribution in [-0.2, 0) is 4.79 Å². The normalized spacial score (nSPS) is 12.6. The lowest BCUT2D eigenvalue weighted by Gasteiger charge is -2.08. The molecule has 0 atom stereocenters. The number of fused-ring (bicyclic) bond motifs is 1. The monoisotopic (exact) mass is 360 g/mol. The number of carbonyl (C=O) groups is 1. The predicted octanol–water partition coefficient (Wildman–Crippen LogP) is 4.27. The summed E-state index contributed by atoms with van der Waals surface area (Å²) in [5.74, 6) is 0.582. The number of amides is 1. The van der Waals surface area contributed by atoms with E-state index in [1.807, 2.05) is 6.07 Å². The van der Waals surface area contributed by atoms with Crippen LogP contribution in [0.25, 0.3) is 6.08 Å². The maximum Gasteiger partial charge on any atom is 0.266 e. The van der Waals surface area contributed by atoms with Crippen molar-refractivity contribution in [3.05, 3.63) is 57.6 Å². The molecule has 1 heterocycles. The van der Waals surface area contributed by atoms with E-state index in [9.17, 15) is 10.1 Å². The maximum atomic E-state index is 12.3. The largest absolute Gasteiger partial charge is 0.454 e. The molecule has 0 radical (unpaired) electrons. The van der Waals surface area contributed by atoms with Crippen LogP contribution in [0.3, 0.4) is 0 Å². The van der Waals surface area contributed by atoms with Gasteiger partial charge in [0.2, 0.25) is 6.79 Å². The van der Waals surface area contributed by atoms with Crippen molar-refractivity contribution in [1.82, 2.24) is 0 Å². The molecule has 0 spiro atoms. The highest BCUT2D eigenvalue weighted by atomic mass is 35.5. The van der Waals surface area contributed by atoms with Gasteiger partial charge < -0.3 is 14.8 Å². The average molecular weight is 361 g/mol. The second-order valence-corrected chi connectivity index (χ2v) is 5.65. The van der Waals surface area contributed by atoms with Crippen LogP contribution in [0.15, 0.2) is 42.0 Å². The van der Waals surface area contributed by atoms with E-state index in [1.54, 1.807) is 36.4 Å². The number of hydrogen-bond donors (Lipinski definition) is 1. The van der Waals surface area contributed by atoms with Gasteiger partial charge in [0.1, 0.15) is 11.6 Å². The number of anilines is 1. The molecule has 3 rings (SSSR count). The van der Waals surface area contributed by atoms with Gasteiger partial charge in [0.05, 0.1) is 15.7 Å². The average Bonchev–Trinajstić information content (AvgIpc) is 3.03. The summed E-state index contributed by atoms with van der Waals surface area (Å²) in [5.41, 5.74) is 0.804. The molecule has 0 fully saturated rings. The Hall–Kier alpha value is -2.68. The molecule has 2 aromatic rings. The quantitative estimate of drug-likeness (QED) is 0.655. The molecular formula is C17H10Cl2N2O3. The fourth-order valence-electron chi connectivity index (χ4n) is 2.12. The highest BCUT2D eigenvalue weighted by Gasteiger charge is 2.16. The first-order valence-electron chi connectivity index (χ1n) is 6.85. The minimum absolute atomic E-state index is 0.0927. The highest BCUT2D eigenvalue weighted by molar-refractivity contribution is 6.40. The molecule has 1 amide bonds. The fraction of sp³-hybridized carbons (Fsp3) is 0.0588. The van der Waals surface area contributed by atoms with Crippen molar-refractivity contribution >= 4 is 40.9 Å². The second-order valence-electron chi connectivity index (χ2n) is 4.83. The van der Waals surface area contributed by atoms with E-state index < -0.39 is 5.91 Å². The molecule has 0 saturated carbocycles. The van der Waals surface area contributed by atoms with Crippen molar-refractivity contribution in [2.75, 3.05) is 12.1 Å². The van der Waals surface area contributed by atoms with Gasteiger partial charge in [-0.25, -0.2) is 0 Å². The molecule has 0 bridgehead atoms. The standard InChI is InChI=1S/C17H10Cl2N2O3/c18-12-2-1-3-13(19)16(12)21-17(22)11(8-20)6-10-4-5-14-15(7-10)24-9-23-14/h1-7H,9H2,(H,21,22)/b11-6+. The first-order valence-corrected chi connectivity index (χ1v) is 7.61. The second kappa shape index (κ2) is 6.83. The van der Waals surface area contributed by atoms with Crippen LogP contribution >= 0.6 is 23.2 Å². The molecule has 1 aliphatic rings. The van der Waals surface area contributed by atoms with Crippen LogP contribution in [0, 0.1) is 11.3 Å². The van der Waals surface area contributed by atoms with Gasteiger partial charge >= 0.3 is 0 Å². The number of rotatable bonds is 3. The Bertz CT molecular complexity index is 868. The number of hydrogen-bond acceptors (Lipinski definition) is 4. The molecule has 0 aromatic heterocycles. The third-order valence-electron chi connectivity index (χ3n) is 3.27. The lowest BCUT2D eigenvalue weighted by Crippen LogP contribution is -2.14. The third-order valence-corrected chi connectivity index (χ3v) is 3.90. The Morgan fingerprint density at radius 3 is 2.58 bits per heavy atom. The van der Waals surface area contributed by atoms with Crippen LogP contribution in [0.1, 0.15) is 5.56 Å². The van der Waals surface area contributed by atoms with Crippen molar-refractivity contribution in [2.45, 2.75) is 0 Å². The summed E-state index contributed by atoms with van der Waals surface area (Å²) in [6, 6.07) is 11.8. The zero-order valence-corrected chi connectivity index (χ0v) is 13.7. The summed E-state index contributed by atoms with van der Waals surface area (Å²) in [6.45, 7) is 0.152. The lowest BCUT2D eigenvalue weighted by atomic mass is 10.1. The Kier molecular flexibility index (Phi) is 4.61. The minimum Gasteiger partial charge on any atom is -0.454 e. The molecular weight excluding hydrogens is 351 g/mol. The third kappa shape index (κ3) is 3.30. The van der Waals surface area contributed by atoms with E-state index in [4.69, 9.17) is 32.7 Å². The zero-order valence-electron chi connectivity index (χ0n) is 12.2. The summed E-state index contributed by atoms with van der Waals surface area (Å²) in [4.78, 5) is 12.3. The van der Waals surface area contributed by atoms with Gasteiger partial charge in [0, 0.05) is 0 Å². The highest BCUT2D eigenvalue weighted by Crippen LogP contribution is 2.33. The predicted molar refractivity (Wildman–Crippen MR) is 91.2 cm³/mol. The topological polar surface area (TPSA) is 71.3 Å². The van der Waals surface area contributed by atoms with Gasteiger partial charge in [-0.15, -0.1) is 0 Å². The van der Waals surface area contributed by atoms with Crippen LogP contribution in [0.4, 0.5) is 5.69 Å². The summed E-state index contributed by atoms with van der Waals surface area (Å²) in [6.07, 6.45) is 1.45. The SMILES string of the molecule is N#C/C(=C\c1ccc2c(c1)OCO2)C(=O)Nc1c(Cl)cccc1Cl. The molecule has 7 heteroatoms. The van der Waals surface area contributed by atoms with Gasteiger partial charge in [0.25, 0.3) is 5.91 Å². The van der Waals surface area contributed by atoms with Crippen molar-refractivity contribution in [1.29, 1.82) is 5.26 Å². The van der Waals surface area contributed by atoms with Crippen LogP contribution in [-0.4, -0.2) is 12.7 Å². The van der Waals surface area contributed by atoms with Gasteiger partial charge in [0.15, 0.2) is 11.5 Å². The smallest absolute Gasteiger partial charge is 0.266 e. The van der Waals surface area contributed by atoms with Gasteiger partial charge in [-0.05, 0) is 35.9 Å². The number of ether oxygens (including phenoxy) is 2. The van der Waals surface area contributed by atoms with E-state index in [2.05, 4.69) is 5.32 Å². The summed E-state index contributed by atoms with van der Waals surface area (Å²) in [7, 11) is 0. The maximum absolute atomic E-state index is 12.3. The Morgan fingerprint density at radius 1 is 1.17 bits per heavy atom. The number of nitrogens with zero attached hydrogens (tertiary/aromatic N) is 1. The summed E-state index contributed by atoms with van der Waals surface area (Å²) >= 11 is 12.0. The molecule has 24 heavy (non-hydrogen) atoms. The molecule has 0 aliphatic carbocycles. The van der Waals surface area contributed by atoms with E-state index in [0.29, 0.717) is 17.1 Å². The van der Waals surface area contributed by atoms with Crippen molar-refractivity contribution in [3.63, 3.8) is 0 Å². The number of halogens is 2. The van der Waals surface area contributed by atoms with Crippen LogP contribution < -0.4 is 14.8 Å². The van der Waals surface area contributed by atoms with E-state index in [1.165, 1.54) is 6.08 Å². The van der Waals surface area contributed by atoms with Gasteiger partial charge in [-0.1, -0.05) is 35.3 Å². The molecule has 120 valence electrons. The van der Waals surface area contributed by atoms with Crippen LogP contribution in [0.2, 0.25) is 10.0 Å². The number of benzene rings is 2.